The molecule has 33 heavy (non-hydrogen) atoms. The first kappa shape index (κ1) is 27.7. The van der Waals surface area contributed by atoms with Crippen molar-refractivity contribution in [2.24, 2.45) is 17.8 Å². The molecule has 0 heterocycles. The predicted octanol–water partition coefficient (Wildman–Crippen LogP) is 9.12. The molecule has 0 aliphatic heterocycles. The van der Waals surface area contributed by atoms with Crippen molar-refractivity contribution >= 4 is 5.78 Å². The summed E-state index contributed by atoms with van der Waals surface area (Å²) in [6, 6.07) is 8.64. The van der Waals surface area contributed by atoms with Gasteiger partial charge in [0.15, 0.2) is 0 Å². The second-order valence-corrected chi connectivity index (χ2v) is 10.8. The summed E-state index contributed by atoms with van der Waals surface area (Å²) in [5, 5.41) is 0. The summed E-state index contributed by atoms with van der Waals surface area (Å²) < 4.78 is 5.97. The van der Waals surface area contributed by atoms with E-state index in [9.17, 15) is 4.79 Å². The van der Waals surface area contributed by atoms with Crippen LogP contribution in [0.15, 0.2) is 35.9 Å². The zero-order valence-electron chi connectivity index (χ0n) is 22.0. The van der Waals surface area contributed by atoms with Gasteiger partial charge in [0.05, 0.1) is 6.61 Å². The first-order valence-electron chi connectivity index (χ1n) is 13.9. The molecule has 0 amide bonds. The number of unbranched alkanes of at least 4 members (excludes halogenated alkanes) is 4. The number of hydrogen-bond donors (Lipinski definition) is 0. The van der Waals surface area contributed by atoms with Crippen molar-refractivity contribution in [2.75, 3.05) is 6.61 Å². The van der Waals surface area contributed by atoms with Gasteiger partial charge >= 0.3 is 0 Å². The molecule has 186 valence electrons. The Morgan fingerprint density at radius 2 is 1.79 bits per heavy atom. The maximum atomic E-state index is 12.6. The first-order valence-corrected chi connectivity index (χ1v) is 13.9. The number of allylic oxidation sites excluding steroid dienone is 2. The molecule has 1 saturated carbocycles. The lowest BCUT2D eigenvalue weighted by Gasteiger charge is -2.27. The van der Waals surface area contributed by atoms with Crippen molar-refractivity contribution in [1.82, 2.24) is 0 Å². The highest BCUT2D eigenvalue weighted by Crippen LogP contribution is 2.32. The number of hydrogen-bond acceptors (Lipinski definition) is 2. The van der Waals surface area contributed by atoms with Crippen LogP contribution in [0.5, 0.6) is 5.75 Å². The molecule has 1 aromatic rings. The average Bonchev–Trinajstić information content (AvgIpc) is 2.79. The molecule has 0 radical (unpaired) electrons. The van der Waals surface area contributed by atoms with E-state index in [1.54, 1.807) is 0 Å². The van der Waals surface area contributed by atoms with Gasteiger partial charge in [0.1, 0.15) is 11.5 Å². The summed E-state index contributed by atoms with van der Waals surface area (Å²) in [7, 11) is 0. The highest BCUT2D eigenvalue weighted by Gasteiger charge is 2.27. The van der Waals surface area contributed by atoms with E-state index >= 15 is 0 Å². The van der Waals surface area contributed by atoms with E-state index in [1.807, 2.05) is 0 Å². The van der Waals surface area contributed by atoms with Gasteiger partial charge in [0.2, 0.25) is 0 Å². The first-order chi connectivity index (χ1) is 16.0. The van der Waals surface area contributed by atoms with Gasteiger partial charge < -0.3 is 4.74 Å². The Kier molecular flexibility index (Phi) is 13.5. The van der Waals surface area contributed by atoms with Gasteiger partial charge in [-0.05, 0) is 94.7 Å². The lowest BCUT2D eigenvalue weighted by molar-refractivity contribution is -0.126. The molecule has 0 N–H and O–H groups in total. The van der Waals surface area contributed by atoms with Crippen molar-refractivity contribution in [3.63, 3.8) is 0 Å². The summed E-state index contributed by atoms with van der Waals surface area (Å²) >= 11 is 0. The number of rotatable bonds is 16. The van der Waals surface area contributed by atoms with Crippen LogP contribution in [0, 0.1) is 17.8 Å². The minimum absolute atomic E-state index is 0.356. The lowest BCUT2D eigenvalue weighted by atomic mass is 9.77. The second kappa shape index (κ2) is 16.1. The van der Waals surface area contributed by atoms with Crippen molar-refractivity contribution < 1.29 is 9.53 Å². The maximum absolute atomic E-state index is 12.6. The van der Waals surface area contributed by atoms with Crippen LogP contribution in [0.25, 0.3) is 0 Å². The number of benzene rings is 1. The maximum Gasteiger partial charge on any atom is 0.136 e. The summed E-state index contributed by atoms with van der Waals surface area (Å²) in [6.07, 6.45) is 18.8. The second-order valence-electron chi connectivity index (χ2n) is 10.8. The van der Waals surface area contributed by atoms with Gasteiger partial charge in [-0.3, -0.25) is 4.79 Å². The van der Waals surface area contributed by atoms with Gasteiger partial charge in [-0.1, -0.05) is 69.7 Å². The van der Waals surface area contributed by atoms with Crippen molar-refractivity contribution in [2.45, 2.75) is 118 Å². The fourth-order valence-electron chi connectivity index (χ4n) is 5.00. The smallest absolute Gasteiger partial charge is 0.136 e. The van der Waals surface area contributed by atoms with Crippen molar-refractivity contribution in [3.05, 3.63) is 41.5 Å². The van der Waals surface area contributed by atoms with E-state index in [-0.39, 0.29) is 0 Å². The molecular weight excluding hydrogens is 404 g/mol. The Morgan fingerprint density at radius 3 is 2.48 bits per heavy atom. The molecule has 1 aromatic carbocycles. The number of carbonyl (C=O) groups excluding carboxylic acids is 1. The van der Waals surface area contributed by atoms with Crippen LogP contribution < -0.4 is 4.74 Å². The van der Waals surface area contributed by atoms with E-state index in [1.165, 1.54) is 62.5 Å². The Balaban J connectivity index is 1.60. The van der Waals surface area contributed by atoms with Crippen molar-refractivity contribution in [1.29, 1.82) is 0 Å². The number of ketones is 1. The number of carbonyl (C=O) groups is 1. The summed E-state index contributed by atoms with van der Waals surface area (Å²) in [4.78, 5) is 12.6. The zero-order valence-corrected chi connectivity index (χ0v) is 22.0. The molecule has 0 spiro atoms. The van der Waals surface area contributed by atoms with E-state index in [0.29, 0.717) is 23.5 Å². The van der Waals surface area contributed by atoms with Crippen LogP contribution in [-0.4, -0.2) is 12.4 Å². The Morgan fingerprint density at radius 1 is 1.03 bits per heavy atom. The van der Waals surface area contributed by atoms with E-state index in [4.69, 9.17) is 4.74 Å². The standard InChI is InChI=1S/C31H50O2/c1-5-6-7-8-9-13-29-19-16-28(24-31(29)32)15-14-27-17-20-30(21-18-27)33-23-22-26(4)12-10-11-25(2)3/h11,17-18,20-21,26,28-29H,5-10,12-16,19,22-24H2,1-4H3. The highest BCUT2D eigenvalue weighted by atomic mass is 16.5. The Bertz CT molecular complexity index is 683. The Hall–Kier alpha value is -1.57. The third kappa shape index (κ3) is 11.9. The van der Waals surface area contributed by atoms with Crippen LogP contribution in [-0.2, 0) is 11.2 Å². The van der Waals surface area contributed by atoms with Crippen LogP contribution in [0.3, 0.4) is 0 Å². The number of aryl methyl sites for hydroxylation is 1. The van der Waals surface area contributed by atoms with E-state index in [0.717, 1.165) is 50.9 Å². The van der Waals surface area contributed by atoms with Gasteiger partial charge in [-0.25, -0.2) is 0 Å². The normalized spacial score (nSPS) is 19.3. The lowest BCUT2D eigenvalue weighted by Crippen LogP contribution is -2.25. The molecule has 1 aliphatic carbocycles. The molecule has 0 aromatic heterocycles. The van der Waals surface area contributed by atoms with E-state index < -0.39 is 0 Å². The van der Waals surface area contributed by atoms with Gasteiger partial charge in [0, 0.05) is 12.3 Å². The van der Waals surface area contributed by atoms with Crippen molar-refractivity contribution in [3.8, 4) is 5.75 Å². The number of Topliss-reactive ketones (excluding diaryl/α,β-unsaturated/α-hetero) is 1. The summed E-state index contributed by atoms with van der Waals surface area (Å²) in [6.45, 7) is 9.69. The molecule has 1 aliphatic rings. The average molecular weight is 455 g/mol. The molecule has 3 atom stereocenters. The quantitative estimate of drug-likeness (QED) is 0.184. The molecule has 2 heteroatoms. The monoisotopic (exact) mass is 454 g/mol. The topological polar surface area (TPSA) is 26.3 Å². The molecule has 2 nitrogen and oxygen atoms in total. The third-order valence-electron chi connectivity index (χ3n) is 7.38. The SMILES string of the molecule is CCCCCCCC1CCC(CCc2ccc(OCCC(C)CCC=C(C)C)cc2)CC1=O. The van der Waals surface area contributed by atoms with Gasteiger partial charge in [-0.15, -0.1) is 0 Å². The molecule has 0 saturated heterocycles. The van der Waals surface area contributed by atoms with Crippen LogP contribution >= 0.6 is 0 Å². The molecular formula is C31H50O2. The number of ether oxygens (including phenoxy) is 1. The molecule has 1 fully saturated rings. The third-order valence-corrected chi connectivity index (χ3v) is 7.38. The largest absolute Gasteiger partial charge is 0.494 e. The fraction of sp³-hybridized carbons (Fsp3) is 0.710. The molecule has 0 bridgehead atoms. The fourth-order valence-corrected chi connectivity index (χ4v) is 5.00. The van der Waals surface area contributed by atoms with Crippen LogP contribution in [0.2, 0.25) is 0 Å². The van der Waals surface area contributed by atoms with Gasteiger partial charge in [0.25, 0.3) is 0 Å². The zero-order chi connectivity index (χ0) is 23.9. The van der Waals surface area contributed by atoms with E-state index in [2.05, 4.69) is 58.0 Å². The predicted molar refractivity (Wildman–Crippen MR) is 142 cm³/mol. The summed E-state index contributed by atoms with van der Waals surface area (Å²) in [5.74, 6) is 3.15. The van der Waals surface area contributed by atoms with Crippen LogP contribution in [0.1, 0.15) is 117 Å². The minimum atomic E-state index is 0.356. The molecule has 3 unspecified atom stereocenters. The highest BCUT2D eigenvalue weighted by molar-refractivity contribution is 5.81. The Labute approximate surface area is 204 Å². The summed E-state index contributed by atoms with van der Waals surface area (Å²) in [5.41, 5.74) is 2.77. The van der Waals surface area contributed by atoms with Crippen LogP contribution in [0.4, 0.5) is 0 Å². The van der Waals surface area contributed by atoms with Gasteiger partial charge in [-0.2, -0.15) is 0 Å². The molecule has 2 rings (SSSR count). The minimum Gasteiger partial charge on any atom is -0.494 e.